The average molecular weight is 481 g/mol. The van der Waals surface area contributed by atoms with Gasteiger partial charge < -0.3 is 14.6 Å². The highest BCUT2D eigenvalue weighted by Gasteiger charge is 2.27. The number of carbonyl (C=O) groups excluding carboxylic acids is 2. The Balaban J connectivity index is 1.73. The second-order valence-corrected chi connectivity index (χ2v) is 9.71. The van der Waals surface area contributed by atoms with Gasteiger partial charge in [-0.15, -0.1) is 0 Å². The monoisotopic (exact) mass is 480 g/mol. The molecule has 0 aliphatic heterocycles. The van der Waals surface area contributed by atoms with Crippen LogP contribution >= 0.6 is 0 Å². The Kier molecular flexibility index (Phi) is 10.6. The molecule has 1 aliphatic rings. The molecule has 0 saturated heterocycles. The second kappa shape index (κ2) is 13.9. The molecular formula is C30H40O5. The number of fused-ring (bicyclic) bond motifs is 1. The van der Waals surface area contributed by atoms with Gasteiger partial charge in [0, 0.05) is 6.42 Å². The summed E-state index contributed by atoms with van der Waals surface area (Å²) in [6, 6.07) is 13.7. The van der Waals surface area contributed by atoms with E-state index in [9.17, 15) is 14.7 Å². The molecule has 2 aromatic carbocycles. The van der Waals surface area contributed by atoms with E-state index in [1.54, 1.807) is 6.07 Å². The molecule has 0 spiro atoms. The molecule has 2 aromatic rings. The van der Waals surface area contributed by atoms with Crippen molar-refractivity contribution in [2.45, 2.75) is 83.0 Å². The zero-order chi connectivity index (χ0) is 25.0. The number of aromatic hydroxyl groups is 1. The third-order valence-corrected chi connectivity index (χ3v) is 7.45. The number of esters is 2. The van der Waals surface area contributed by atoms with Crippen LogP contribution < -0.4 is 0 Å². The van der Waals surface area contributed by atoms with E-state index in [0.29, 0.717) is 29.6 Å². The molecule has 0 fully saturated rings. The van der Waals surface area contributed by atoms with Crippen molar-refractivity contribution in [1.82, 2.24) is 0 Å². The molecule has 190 valence electrons. The number of ether oxygens (including phenoxy) is 2. The maximum absolute atomic E-state index is 12.1. The molecule has 0 amide bonds. The van der Waals surface area contributed by atoms with Crippen LogP contribution in [-0.4, -0.2) is 31.3 Å². The molecule has 1 aliphatic carbocycles. The molecule has 3 rings (SSSR count). The number of aryl methyl sites for hydroxylation is 2. The Hall–Kier alpha value is -2.82. The van der Waals surface area contributed by atoms with Gasteiger partial charge in [-0.05, 0) is 91.7 Å². The summed E-state index contributed by atoms with van der Waals surface area (Å²) in [6.07, 6.45) is 12.1. The minimum atomic E-state index is -0.281. The number of phenolic OH excluding ortho intramolecular Hbond substituents is 1. The van der Waals surface area contributed by atoms with E-state index in [1.165, 1.54) is 31.8 Å². The standard InChI is InChI=1S/C30H40O5/c1-34-29(32)16-6-4-3-5-11-22(17-18-23-12-8-10-15-28(23)31)26-14-9-7-13-24-21-25(30(33)35-2)19-20-27(24)26/h8,10,12,15,19-22,26,31H,3-7,9,11,13-14,16-18H2,1-2H3. The Bertz CT molecular complexity index is 967. The maximum Gasteiger partial charge on any atom is 0.337 e. The summed E-state index contributed by atoms with van der Waals surface area (Å²) < 4.78 is 9.69. The fraction of sp³-hybridized carbons (Fsp3) is 0.533. The molecule has 35 heavy (non-hydrogen) atoms. The van der Waals surface area contributed by atoms with Crippen LogP contribution in [0.4, 0.5) is 0 Å². The van der Waals surface area contributed by atoms with Gasteiger partial charge in [0.05, 0.1) is 19.8 Å². The van der Waals surface area contributed by atoms with E-state index in [1.807, 2.05) is 30.3 Å². The van der Waals surface area contributed by atoms with E-state index < -0.39 is 0 Å². The average Bonchev–Trinajstić information content (AvgIpc) is 3.10. The first-order chi connectivity index (χ1) is 17.0. The van der Waals surface area contributed by atoms with E-state index in [4.69, 9.17) is 9.47 Å². The van der Waals surface area contributed by atoms with Crippen molar-refractivity contribution in [2.24, 2.45) is 5.92 Å². The Morgan fingerprint density at radius 3 is 2.54 bits per heavy atom. The fourth-order valence-electron chi connectivity index (χ4n) is 5.49. The van der Waals surface area contributed by atoms with Crippen LogP contribution in [0.25, 0.3) is 0 Å². The molecule has 0 heterocycles. The lowest BCUT2D eigenvalue weighted by Crippen LogP contribution is -2.16. The zero-order valence-corrected chi connectivity index (χ0v) is 21.3. The number of rotatable bonds is 12. The van der Waals surface area contributed by atoms with Crippen molar-refractivity contribution in [2.75, 3.05) is 14.2 Å². The van der Waals surface area contributed by atoms with Crippen LogP contribution in [0.5, 0.6) is 5.75 Å². The van der Waals surface area contributed by atoms with Gasteiger partial charge in [0.25, 0.3) is 0 Å². The van der Waals surface area contributed by atoms with Gasteiger partial charge in [-0.3, -0.25) is 4.79 Å². The van der Waals surface area contributed by atoms with E-state index in [2.05, 4.69) is 6.07 Å². The van der Waals surface area contributed by atoms with Crippen molar-refractivity contribution < 1.29 is 24.2 Å². The lowest BCUT2D eigenvalue weighted by atomic mass is 9.76. The number of methoxy groups -OCH3 is 2. The molecule has 2 atom stereocenters. The quantitative estimate of drug-likeness (QED) is 0.207. The van der Waals surface area contributed by atoms with Gasteiger partial charge in [-0.1, -0.05) is 49.9 Å². The van der Waals surface area contributed by atoms with Crippen LogP contribution in [0.3, 0.4) is 0 Å². The number of carbonyl (C=O) groups is 2. The summed E-state index contributed by atoms with van der Waals surface area (Å²) in [5, 5.41) is 10.3. The summed E-state index contributed by atoms with van der Waals surface area (Å²) in [4.78, 5) is 23.5. The summed E-state index contributed by atoms with van der Waals surface area (Å²) in [7, 11) is 2.87. The first-order valence-corrected chi connectivity index (χ1v) is 13.1. The summed E-state index contributed by atoms with van der Waals surface area (Å²) >= 11 is 0. The first-order valence-electron chi connectivity index (χ1n) is 13.1. The predicted octanol–water partition coefficient (Wildman–Crippen LogP) is 6.75. The minimum absolute atomic E-state index is 0.132. The molecule has 5 nitrogen and oxygen atoms in total. The van der Waals surface area contributed by atoms with Crippen molar-refractivity contribution in [3.63, 3.8) is 0 Å². The molecule has 0 bridgehead atoms. The summed E-state index contributed by atoms with van der Waals surface area (Å²) in [5.41, 5.74) is 4.29. The lowest BCUT2D eigenvalue weighted by Gasteiger charge is -2.29. The van der Waals surface area contributed by atoms with Gasteiger partial charge in [-0.25, -0.2) is 4.79 Å². The van der Waals surface area contributed by atoms with Crippen LogP contribution in [0.1, 0.15) is 97.2 Å². The Labute approximate surface area is 209 Å². The van der Waals surface area contributed by atoms with Crippen LogP contribution in [0.15, 0.2) is 42.5 Å². The predicted molar refractivity (Wildman–Crippen MR) is 138 cm³/mol. The first kappa shape index (κ1) is 26.8. The van der Waals surface area contributed by atoms with Crippen molar-refractivity contribution in [3.8, 4) is 5.75 Å². The third kappa shape index (κ3) is 7.84. The van der Waals surface area contributed by atoms with Gasteiger partial charge >= 0.3 is 11.9 Å². The minimum Gasteiger partial charge on any atom is -0.508 e. The topological polar surface area (TPSA) is 72.8 Å². The Morgan fingerprint density at radius 2 is 1.77 bits per heavy atom. The molecule has 0 aromatic heterocycles. The van der Waals surface area contributed by atoms with E-state index in [-0.39, 0.29) is 11.9 Å². The lowest BCUT2D eigenvalue weighted by molar-refractivity contribution is -0.140. The maximum atomic E-state index is 12.1. The van der Waals surface area contributed by atoms with Gasteiger partial charge in [0.2, 0.25) is 0 Å². The largest absolute Gasteiger partial charge is 0.508 e. The van der Waals surface area contributed by atoms with Gasteiger partial charge in [0.15, 0.2) is 0 Å². The number of hydrogen-bond donors (Lipinski definition) is 1. The molecular weight excluding hydrogens is 440 g/mol. The summed E-state index contributed by atoms with van der Waals surface area (Å²) in [6.45, 7) is 0. The van der Waals surface area contributed by atoms with Crippen molar-refractivity contribution in [1.29, 1.82) is 0 Å². The van der Waals surface area contributed by atoms with E-state index >= 15 is 0 Å². The second-order valence-electron chi connectivity index (χ2n) is 9.71. The molecule has 0 radical (unpaired) electrons. The highest BCUT2D eigenvalue weighted by molar-refractivity contribution is 5.89. The third-order valence-electron chi connectivity index (χ3n) is 7.45. The van der Waals surface area contributed by atoms with Crippen LogP contribution in [0.2, 0.25) is 0 Å². The zero-order valence-electron chi connectivity index (χ0n) is 21.3. The fourth-order valence-corrected chi connectivity index (χ4v) is 5.49. The normalized spacial score (nSPS) is 16.1. The van der Waals surface area contributed by atoms with Crippen molar-refractivity contribution in [3.05, 3.63) is 64.7 Å². The molecule has 5 heteroatoms. The number of unbranched alkanes of at least 4 members (excludes halogenated alkanes) is 3. The SMILES string of the molecule is COC(=O)CCCCCCC(CCc1ccccc1O)C1CCCCc2cc(C(=O)OC)ccc21. The van der Waals surface area contributed by atoms with Crippen LogP contribution in [0, 0.1) is 5.92 Å². The van der Waals surface area contributed by atoms with Gasteiger partial charge in [0.1, 0.15) is 5.75 Å². The highest BCUT2D eigenvalue weighted by Crippen LogP contribution is 2.41. The summed E-state index contributed by atoms with van der Waals surface area (Å²) in [5.74, 6) is 0.901. The van der Waals surface area contributed by atoms with Gasteiger partial charge in [-0.2, -0.15) is 0 Å². The number of hydrogen-bond acceptors (Lipinski definition) is 5. The van der Waals surface area contributed by atoms with Crippen molar-refractivity contribution >= 4 is 11.9 Å². The Morgan fingerprint density at radius 1 is 0.971 bits per heavy atom. The highest BCUT2D eigenvalue weighted by atomic mass is 16.5. The molecule has 2 unspecified atom stereocenters. The van der Waals surface area contributed by atoms with E-state index in [0.717, 1.165) is 69.8 Å². The number of benzene rings is 2. The number of phenols is 1. The molecule has 0 saturated carbocycles. The smallest absolute Gasteiger partial charge is 0.337 e. The van der Waals surface area contributed by atoms with Crippen LogP contribution in [-0.2, 0) is 27.1 Å². The molecule has 1 N–H and O–H groups in total. The number of para-hydroxylation sites is 1.